The zero-order valence-corrected chi connectivity index (χ0v) is 16.0. The van der Waals surface area contributed by atoms with Crippen LogP contribution in [0.15, 0.2) is 18.2 Å². The molecule has 0 spiro atoms. The normalized spacial score (nSPS) is 34.0. The first-order valence-corrected chi connectivity index (χ1v) is 9.91. The van der Waals surface area contributed by atoms with Crippen LogP contribution >= 0.6 is 12.2 Å². The van der Waals surface area contributed by atoms with Crippen LogP contribution in [0.25, 0.3) is 0 Å². The molecule has 3 aliphatic rings. The van der Waals surface area contributed by atoms with Crippen molar-refractivity contribution in [3.05, 3.63) is 29.3 Å². The van der Waals surface area contributed by atoms with Gasteiger partial charge in [0.15, 0.2) is 0 Å². The van der Waals surface area contributed by atoms with Crippen LogP contribution in [0, 0.1) is 17.3 Å². The molecule has 3 heteroatoms. The van der Waals surface area contributed by atoms with Gasteiger partial charge in [-0.15, -0.1) is 0 Å². The second kappa shape index (κ2) is 6.01. The summed E-state index contributed by atoms with van der Waals surface area (Å²) in [4.78, 5) is 1.84. The van der Waals surface area contributed by atoms with Crippen molar-refractivity contribution in [1.29, 1.82) is 0 Å². The standard InChI is InChI=1S/C21H29NOS/c1-21-11-4-5-19(21)18-8-6-14-13-15(23-20(24)22(2)3)7-9-16(14)17(18)10-12-21/h7,9,13,17-19H,4-6,8,10-12H2,1-3H3/t17-,18-,19+,21+/m1/s1. The van der Waals surface area contributed by atoms with E-state index in [-0.39, 0.29) is 0 Å². The van der Waals surface area contributed by atoms with E-state index in [1.54, 1.807) is 5.56 Å². The Morgan fingerprint density at radius 3 is 2.83 bits per heavy atom. The van der Waals surface area contributed by atoms with E-state index in [9.17, 15) is 0 Å². The third-order valence-electron chi connectivity index (χ3n) is 7.05. The van der Waals surface area contributed by atoms with Crippen molar-refractivity contribution in [1.82, 2.24) is 4.90 Å². The van der Waals surface area contributed by atoms with E-state index in [1.807, 2.05) is 19.0 Å². The van der Waals surface area contributed by atoms with Gasteiger partial charge in [-0.1, -0.05) is 19.4 Å². The van der Waals surface area contributed by atoms with Crippen molar-refractivity contribution in [2.75, 3.05) is 14.1 Å². The maximum Gasteiger partial charge on any atom is 0.264 e. The summed E-state index contributed by atoms with van der Waals surface area (Å²) in [7, 11) is 3.85. The third kappa shape index (κ3) is 2.65. The lowest BCUT2D eigenvalue weighted by atomic mass is 9.56. The second-order valence-electron chi connectivity index (χ2n) is 8.62. The molecule has 24 heavy (non-hydrogen) atoms. The van der Waals surface area contributed by atoms with Gasteiger partial charge in [-0.05, 0) is 97.2 Å². The van der Waals surface area contributed by atoms with Gasteiger partial charge >= 0.3 is 0 Å². The van der Waals surface area contributed by atoms with E-state index in [2.05, 4.69) is 25.1 Å². The molecule has 0 aromatic heterocycles. The molecule has 2 fully saturated rings. The lowest BCUT2D eigenvalue weighted by Crippen LogP contribution is -2.39. The smallest absolute Gasteiger partial charge is 0.264 e. The number of hydrogen-bond donors (Lipinski definition) is 0. The van der Waals surface area contributed by atoms with E-state index < -0.39 is 0 Å². The zero-order chi connectivity index (χ0) is 16.9. The molecule has 1 aromatic carbocycles. The summed E-state index contributed by atoms with van der Waals surface area (Å²) in [6, 6.07) is 6.70. The highest BCUT2D eigenvalue weighted by Gasteiger charge is 2.50. The van der Waals surface area contributed by atoms with Crippen LogP contribution in [0.1, 0.15) is 62.5 Å². The van der Waals surface area contributed by atoms with Crippen molar-refractivity contribution in [2.24, 2.45) is 17.3 Å². The molecule has 0 radical (unpaired) electrons. The first kappa shape index (κ1) is 16.4. The summed E-state index contributed by atoms with van der Waals surface area (Å²) in [5.74, 6) is 3.54. The molecule has 4 rings (SSSR count). The van der Waals surface area contributed by atoms with Crippen molar-refractivity contribution >= 4 is 17.4 Å². The third-order valence-corrected chi connectivity index (χ3v) is 7.50. The van der Waals surface area contributed by atoms with Gasteiger partial charge in [0.05, 0.1) is 0 Å². The lowest BCUT2D eigenvalue weighted by Gasteiger charge is -2.49. The molecule has 0 N–H and O–H groups in total. The highest BCUT2D eigenvalue weighted by molar-refractivity contribution is 7.80. The van der Waals surface area contributed by atoms with Gasteiger partial charge in [0.1, 0.15) is 5.75 Å². The van der Waals surface area contributed by atoms with Crippen molar-refractivity contribution in [3.8, 4) is 5.75 Å². The van der Waals surface area contributed by atoms with E-state index in [0.717, 1.165) is 23.5 Å². The van der Waals surface area contributed by atoms with Gasteiger partial charge in [-0.3, -0.25) is 0 Å². The van der Waals surface area contributed by atoms with E-state index in [4.69, 9.17) is 17.0 Å². The van der Waals surface area contributed by atoms with E-state index in [0.29, 0.717) is 10.6 Å². The summed E-state index contributed by atoms with van der Waals surface area (Å²) < 4.78 is 5.82. The predicted octanol–water partition coefficient (Wildman–Crippen LogP) is 5.16. The first-order chi connectivity index (χ1) is 11.5. The molecule has 0 bridgehead atoms. The number of fused-ring (bicyclic) bond motifs is 5. The highest BCUT2D eigenvalue weighted by Crippen LogP contribution is 2.60. The van der Waals surface area contributed by atoms with Crippen molar-refractivity contribution < 1.29 is 4.74 Å². The maximum absolute atomic E-state index is 5.82. The maximum atomic E-state index is 5.82. The van der Waals surface area contributed by atoms with Gasteiger partial charge in [-0.25, -0.2) is 0 Å². The number of aryl methyl sites for hydroxylation is 1. The summed E-state index contributed by atoms with van der Waals surface area (Å²) >= 11 is 5.27. The molecule has 130 valence electrons. The Labute approximate surface area is 151 Å². The fraction of sp³-hybridized carbons (Fsp3) is 0.667. The summed E-state index contributed by atoms with van der Waals surface area (Å²) in [5.41, 5.74) is 3.74. The van der Waals surface area contributed by atoms with Crippen molar-refractivity contribution in [2.45, 2.75) is 57.8 Å². The molecule has 0 amide bonds. The minimum absolute atomic E-state index is 0.531. The molecule has 0 aliphatic heterocycles. The van der Waals surface area contributed by atoms with Gasteiger partial charge in [-0.2, -0.15) is 0 Å². The Morgan fingerprint density at radius 1 is 1.21 bits per heavy atom. The minimum Gasteiger partial charge on any atom is -0.432 e. The number of thiocarbonyl (C=S) groups is 1. The quantitative estimate of drug-likeness (QED) is 0.654. The van der Waals surface area contributed by atoms with Gasteiger partial charge in [0.25, 0.3) is 5.17 Å². The molecule has 3 aliphatic carbocycles. The number of rotatable bonds is 1. The molecule has 2 saturated carbocycles. The Kier molecular flexibility index (Phi) is 4.11. The largest absolute Gasteiger partial charge is 0.432 e. The van der Waals surface area contributed by atoms with Gasteiger partial charge in [0, 0.05) is 14.1 Å². The van der Waals surface area contributed by atoms with Crippen LogP contribution in [0.3, 0.4) is 0 Å². The highest BCUT2D eigenvalue weighted by atomic mass is 32.1. The van der Waals surface area contributed by atoms with Gasteiger partial charge < -0.3 is 9.64 Å². The lowest BCUT2D eigenvalue weighted by molar-refractivity contribution is 0.0598. The Hall–Kier alpha value is -1.09. The topological polar surface area (TPSA) is 12.5 Å². The fourth-order valence-electron chi connectivity index (χ4n) is 5.81. The SMILES string of the molecule is CN(C)C(=S)Oc1ccc2c(c1)CC[C@@H]1[C@@H]2CC[C@]2(C)CCC[C@@H]12. The number of ether oxygens (including phenoxy) is 1. The predicted molar refractivity (Wildman–Crippen MR) is 103 cm³/mol. The van der Waals surface area contributed by atoms with E-state index >= 15 is 0 Å². The second-order valence-corrected chi connectivity index (χ2v) is 8.97. The first-order valence-electron chi connectivity index (χ1n) is 9.50. The van der Waals surface area contributed by atoms with Crippen molar-refractivity contribution in [3.63, 3.8) is 0 Å². The number of hydrogen-bond acceptors (Lipinski definition) is 2. The summed E-state index contributed by atoms with van der Waals surface area (Å²) in [6.45, 7) is 2.57. The Balaban J connectivity index is 1.58. The van der Waals surface area contributed by atoms with E-state index in [1.165, 1.54) is 50.5 Å². The average Bonchev–Trinajstić information content (AvgIpc) is 2.96. The molecule has 0 heterocycles. The number of nitrogens with zero attached hydrogens (tertiary/aromatic N) is 1. The molecule has 4 atom stereocenters. The van der Waals surface area contributed by atoms with Crippen LogP contribution < -0.4 is 4.74 Å². The zero-order valence-electron chi connectivity index (χ0n) is 15.2. The summed E-state index contributed by atoms with van der Waals surface area (Å²) in [5, 5.41) is 0.531. The molecular formula is C21H29NOS. The number of benzene rings is 1. The van der Waals surface area contributed by atoms with Crippen LogP contribution in [-0.4, -0.2) is 24.2 Å². The van der Waals surface area contributed by atoms with Crippen LogP contribution in [0.4, 0.5) is 0 Å². The molecule has 2 nitrogen and oxygen atoms in total. The van der Waals surface area contributed by atoms with Crippen LogP contribution in [-0.2, 0) is 6.42 Å². The Morgan fingerprint density at radius 2 is 2.04 bits per heavy atom. The molecular weight excluding hydrogens is 314 g/mol. The fourth-order valence-corrected chi connectivity index (χ4v) is 5.90. The Bertz CT molecular complexity index is 655. The van der Waals surface area contributed by atoms with Gasteiger partial charge in [0.2, 0.25) is 0 Å². The molecule has 0 saturated heterocycles. The monoisotopic (exact) mass is 343 g/mol. The minimum atomic E-state index is 0.531. The van der Waals surface area contributed by atoms with Crippen LogP contribution in [0.2, 0.25) is 0 Å². The molecule has 0 unspecified atom stereocenters. The molecule has 1 aromatic rings. The summed E-state index contributed by atoms with van der Waals surface area (Å²) in [6.07, 6.45) is 9.73. The van der Waals surface area contributed by atoms with Crippen LogP contribution in [0.5, 0.6) is 5.75 Å². The average molecular weight is 344 g/mol.